The van der Waals surface area contributed by atoms with Crippen molar-refractivity contribution in [2.75, 3.05) is 0 Å². The molecule has 0 unspecified atom stereocenters. The Kier molecular flexibility index (Phi) is 4.50. The molecule has 9 heavy (non-hydrogen) atoms. The van der Waals surface area contributed by atoms with Gasteiger partial charge in [0.15, 0.2) is 0 Å². The normalized spacial score (nSPS) is 9.11. The highest BCUT2D eigenvalue weighted by Gasteiger charge is 1.68. The van der Waals surface area contributed by atoms with Crippen molar-refractivity contribution < 1.29 is 0 Å². The molecule has 0 aliphatic rings. The van der Waals surface area contributed by atoms with Crippen LogP contribution in [0.1, 0.15) is 13.8 Å². The molecule has 0 aromatic rings. The van der Waals surface area contributed by atoms with Gasteiger partial charge in [-0.25, -0.2) is 0 Å². The third kappa shape index (κ3) is 6.95. The average molecular weight is 124 g/mol. The van der Waals surface area contributed by atoms with Crippen molar-refractivity contribution in [3.8, 4) is 0 Å². The van der Waals surface area contributed by atoms with Crippen molar-refractivity contribution in [2.24, 2.45) is 5.10 Å². The maximum atomic E-state index is 3.76. The fourth-order valence-electron chi connectivity index (χ4n) is 0.282. The summed E-state index contributed by atoms with van der Waals surface area (Å²) in [7, 11) is 0. The van der Waals surface area contributed by atoms with Gasteiger partial charge >= 0.3 is 0 Å². The molecule has 0 radical (unpaired) electrons. The van der Waals surface area contributed by atoms with E-state index in [2.05, 4.69) is 17.1 Å². The lowest BCUT2D eigenvalue weighted by atomic mass is 10.3. The Balaban J connectivity index is 3.47. The van der Waals surface area contributed by atoms with Crippen LogP contribution in [0.3, 0.4) is 0 Å². The van der Waals surface area contributed by atoms with Crippen LogP contribution < -0.4 is 5.43 Å². The summed E-state index contributed by atoms with van der Waals surface area (Å²) in [6.07, 6.45) is 5.13. The van der Waals surface area contributed by atoms with E-state index in [9.17, 15) is 0 Å². The Labute approximate surface area is 56.0 Å². The first-order valence-electron chi connectivity index (χ1n) is 2.80. The van der Waals surface area contributed by atoms with Gasteiger partial charge in [-0.1, -0.05) is 12.2 Å². The van der Waals surface area contributed by atoms with Gasteiger partial charge in [0.2, 0.25) is 0 Å². The van der Waals surface area contributed by atoms with Gasteiger partial charge in [0.1, 0.15) is 0 Å². The number of hydrazone groups is 1. The molecule has 0 rings (SSSR count). The largest absolute Gasteiger partial charge is 0.286 e. The van der Waals surface area contributed by atoms with E-state index in [1.54, 1.807) is 6.21 Å². The van der Waals surface area contributed by atoms with Gasteiger partial charge in [0.05, 0.1) is 0 Å². The maximum Gasteiger partial charge on any atom is 0.0471 e. The fourth-order valence-corrected chi connectivity index (χ4v) is 0.282. The monoisotopic (exact) mass is 124 g/mol. The van der Waals surface area contributed by atoms with E-state index in [-0.39, 0.29) is 0 Å². The third-order valence-corrected chi connectivity index (χ3v) is 0.648. The van der Waals surface area contributed by atoms with E-state index in [0.29, 0.717) is 0 Å². The molecule has 0 aliphatic heterocycles. The summed E-state index contributed by atoms with van der Waals surface area (Å²) in [5.41, 5.74) is 3.82. The lowest BCUT2D eigenvalue weighted by Gasteiger charge is -1.84. The second-order valence-corrected chi connectivity index (χ2v) is 1.86. The first kappa shape index (κ1) is 7.95. The zero-order valence-electron chi connectivity index (χ0n) is 5.89. The van der Waals surface area contributed by atoms with Crippen molar-refractivity contribution >= 4 is 6.21 Å². The maximum absolute atomic E-state index is 3.76. The zero-order valence-corrected chi connectivity index (χ0v) is 5.89. The number of rotatable bonds is 3. The molecule has 0 bridgehead atoms. The number of nitrogens with one attached hydrogen (secondary N) is 1. The number of hydrogen-bond donors (Lipinski definition) is 1. The van der Waals surface area contributed by atoms with E-state index < -0.39 is 0 Å². The van der Waals surface area contributed by atoms with Crippen LogP contribution in [0.4, 0.5) is 0 Å². The van der Waals surface area contributed by atoms with Gasteiger partial charge in [-0.3, -0.25) is 5.43 Å². The third-order valence-electron chi connectivity index (χ3n) is 0.648. The van der Waals surface area contributed by atoms with Crippen molar-refractivity contribution in [3.05, 3.63) is 24.4 Å². The van der Waals surface area contributed by atoms with Gasteiger partial charge in [0, 0.05) is 12.4 Å². The highest BCUT2D eigenvalue weighted by Crippen LogP contribution is 1.82. The quantitative estimate of drug-likeness (QED) is 0.449. The molecule has 50 valence electrons. The van der Waals surface area contributed by atoms with Crippen LogP contribution in [0.15, 0.2) is 29.5 Å². The first-order chi connectivity index (χ1) is 4.27. The Morgan fingerprint density at radius 3 is 2.67 bits per heavy atom. The van der Waals surface area contributed by atoms with E-state index in [1.807, 2.05) is 19.9 Å². The minimum absolute atomic E-state index is 1.23. The topological polar surface area (TPSA) is 24.4 Å². The summed E-state index contributed by atoms with van der Waals surface area (Å²) >= 11 is 0. The Hall–Kier alpha value is -1.05. The molecule has 1 N–H and O–H groups in total. The van der Waals surface area contributed by atoms with E-state index >= 15 is 0 Å². The predicted molar refractivity (Wildman–Crippen MR) is 41.3 cm³/mol. The molecular formula is C7H12N2. The van der Waals surface area contributed by atoms with E-state index in [1.165, 1.54) is 11.8 Å². The molecule has 0 saturated carbocycles. The Morgan fingerprint density at radius 2 is 2.22 bits per heavy atom. The minimum Gasteiger partial charge on any atom is -0.286 e. The molecule has 0 fully saturated rings. The van der Waals surface area contributed by atoms with Gasteiger partial charge < -0.3 is 0 Å². The van der Waals surface area contributed by atoms with Crippen LogP contribution in [0, 0.1) is 0 Å². The van der Waals surface area contributed by atoms with Crippen LogP contribution in [-0.4, -0.2) is 6.21 Å². The van der Waals surface area contributed by atoms with Gasteiger partial charge in [-0.15, -0.1) is 0 Å². The molecule has 0 saturated heterocycles. The number of nitrogens with zero attached hydrogens (tertiary/aromatic N) is 1. The van der Waals surface area contributed by atoms with Gasteiger partial charge in [-0.2, -0.15) is 5.10 Å². The molecule has 0 amide bonds. The number of allylic oxidation sites excluding steroid dienone is 2. The fraction of sp³-hybridized carbons (Fsp3) is 0.286. The Morgan fingerprint density at radius 1 is 1.56 bits per heavy atom. The Bertz CT molecular complexity index is 130. The molecule has 0 spiro atoms. The SMILES string of the molecule is C=CN/N=C\C=C(C)C. The summed E-state index contributed by atoms with van der Waals surface area (Å²) < 4.78 is 0. The molecule has 0 atom stereocenters. The smallest absolute Gasteiger partial charge is 0.0471 e. The van der Waals surface area contributed by atoms with Crippen LogP contribution in [0.5, 0.6) is 0 Å². The molecular weight excluding hydrogens is 112 g/mol. The molecule has 0 heterocycles. The first-order valence-corrected chi connectivity index (χ1v) is 2.80. The van der Waals surface area contributed by atoms with Crippen LogP contribution >= 0.6 is 0 Å². The van der Waals surface area contributed by atoms with Gasteiger partial charge in [0.25, 0.3) is 0 Å². The number of hydrogen-bond acceptors (Lipinski definition) is 2. The summed E-state index contributed by atoms with van der Waals surface area (Å²) in [5, 5.41) is 3.76. The highest BCUT2D eigenvalue weighted by atomic mass is 15.3. The lowest BCUT2D eigenvalue weighted by molar-refractivity contribution is 0.980. The van der Waals surface area contributed by atoms with Crippen molar-refractivity contribution in [2.45, 2.75) is 13.8 Å². The standard InChI is InChI=1S/C7H12N2/c1-4-8-9-6-5-7(2)3/h4-6,8H,1H2,2-3H3/b9-6-. The van der Waals surface area contributed by atoms with Gasteiger partial charge in [-0.05, 0) is 19.9 Å². The second kappa shape index (κ2) is 5.09. The predicted octanol–water partition coefficient (Wildman–Crippen LogP) is 1.67. The second-order valence-electron chi connectivity index (χ2n) is 1.86. The van der Waals surface area contributed by atoms with E-state index in [0.717, 1.165) is 0 Å². The summed E-state index contributed by atoms with van der Waals surface area (Å²) in [5.74, 6) is 0. The highest BCUT2D eigenvalue weighted by molar-refractivity contribution is 5.71. The lowest BCUT2D eigenvalue weighted by Crippen LogP contribution is -1.90. The summed E-state index contributed by atoms with van der Waals surface area (Å²) in [6.45, 7) is 7.46. The van der Waals surface area contributed by atoms with E-state index in [4.69, 9.17) is 0 Å². The zero-order chi connectivity index (χ0) is 7.11. The summed E-state index contributed by atoms with van der Waals surface area (Å²) in [4.78, 5) is 0. The van der Waals surface area contributed by atoms with Crippen LogP contribution in [0.2, 0.25) is 0 Å². The average Bonchev–Trinajstić information content (AvgIpc) is 1.80. The summed E-state index contributed by atoms with van der Waals surface area (Å²) in [6, 6.07) is 0. The molecule has 0 aliphatic carbocycles. The molecule has 2 nitrogen and oxygen atoms in total. The minimum atomic E-state index is 1.23. The molecule has 0 aromatic carbocycles. The molecule has 2 heteroatoms. The van der Waals surface area contributed by atoms with Crippen molar-refractivity contribution in [3.63, 3.8) is 0 Å². The molecule has 0 aromatic heterocycles. The van der Waals surface area contributed by atoms with Crippen LogP contribution in [0.25, 0.3) is 0 Å². The van der Waals surface area contributed by atoms with Crippen molar-refractivity contribution in [1.82, 2.24) is 5.43 Å². The van der Waals surface area contributed by atoms with Crippen molar-refractivity contribution in [1.29, 1.82) is 0 Å². The van der Waals surface area contributed by atoms with Crippen LogP contribution in [-0.2, 0) is 0 Å².